The molecule has 7 heteroatoms. The third kappa shape index (κ3) is 5.74. The second-order valence-electron chi connectivity index (χ2n) is 10.0. The highest BCUT2D eigenvalue weighted by molar-refractivity contribution is 6.30. The zero-order valence-corrected chi connectivity index (χ0v) is 22.8. The predicted octanol–water partition coefficient (Wildman–Crippen LogP) is 6.52. The van der Waals surface area contributed by atoms with Crippen LogP contribution in [0.25, 0.3) is 0 Å². The predicted molar refractivity (Wildman–Crippen MR) is 145 cm³/mol. The fourth-order valence-corrected chi connectivity index (χ4v) is 5.37. The first kappa shape index (κ1) is 26.9. The van der Waals surface area contributed by atoms with Crippen LogP contribution in [0.15, 0.2) is 58.7 Å². The summed E-state index contributed by atoms with van der Waals surface area (Å²) in [6.45, 7) is 8.50. The summed E-state index contributed by atoms with van der Waals surface area (Å²) in [6.07, 6.45) is 0.998. The number of ketones is 1. The molecular formula is C30H34ClNO5. The van der Waals surface area contributed by atoms with Crippen LogP contribution in [-0.2, 0) is 14.3 Å². The second-order valence-corrected chi connectivity index (χ2v) is 10.5. The molecule has 4 rings (SSSR count). The molecule has 2 aromatic rings. The van der Waals surface area contributed by atoms with Gasteiger partial charge in [0.15, 0.2) is 11.5 Å². The lowest BCUT2D eigenvalue weighted by Gasteiger charge is -2.38. The van der Waals surface area contributed by atoms with Crippen LogP contribution < -0.4 is 9.47 Å². The van der Waals surface area contributed by atoms with Gasteiger partial charge < -0.3 is 14.2 Å². The largest absolute Gasteiger partial charge is 0.493 e. The van der Waals surface area contributed by atoms with Crippen molar-refractivity contribution in [3.8, 4) is 11.5 Å². The Hall–Kier alpha value is -3.12. The van der Waals surface area contributed by atoms with Crippen LogP contribution in [0.1, 0.15) is 63.5 Å². The van der Waals surface area contributed by atoms with E-state index in [1.165, 1.54) is 0 Å². The highest BCUT2D eigenvalue weighted by atomic mass is 35.5. The van der Waals surface area contributed by atoms with Crippen molar-refractivity contribution >= 4 is 29.1 Å². The van der Waals surface area contributed by atoms with Crippen molar-refractivity contribution in [1.82, 2.24) is 0 Å². The number of halogens is 1. The van der Waals surface area contributed by atoms with E-state index in [1.54, 1.807) is 7.11 Å². The average Bonchev–Trinajstić information content (AvgIpc) is 2.87. The van der Waals surface area contributed by atoms with Gasteiger partial charge in [0.2, 0.25) is 0 Å². The van der Waals surface area contributed by atoms with Crippen molar-refractivity contribution < 1.29 is 23.8 Å². The molecule has 2 aliphatic rings. The molecule has 3 atom stereocenters. The van der Waals surface area contributed by atoms with E-state index in [-0.39, 0.29) is 17.6 Å². The van der Waals surface area contributed by atoms with Crippen LogP contribution in [-0.4, -0.2) is 37.8 Å². The summed E-state index contributed by atoms with van der Waals surface area (Å²) in [5.41, 5.74) is 3.67. The summed E-state index contributed by atoms with van der Waals surface area (Å²) in [4.78, 5) is 32.0. The van der Waals surface area contributed by atoms with Crippen molar-refractivity contribution in [3.63, 3.8) is 0 Å². The minimum absolute atomic E-state index is 0.0116. The molecule has 0 N–H and O–H groups in total. The molecule has 0 bridgehead atoms. The molecule has 0 amide bonds. The molecule has 1 aliphatic carbocycles. The molecule has 2 aromatic carbocycles. The standard InChI is InChI=1S/C30H34ClNO5/c1-6-36-25-12-9-20(15-26(25)35-5)28-27(30(34)37-16-17(2)3)18(4)32-23-13-21(14-24(33)29(23)28)19-7-10-22(31)11-8-19/h7-12,15,17,21,28-29H,6,13-14,16H2,1-5H3/t21-,28-,29?/m1/s1. The maximum absolute atomic E-state index is 13.8. The minimum atomic E-state index is -0.545. The van der Waals surface area contributed by atoms with Gasteiger partial charge in [0.05, 0.1) is 31.8 Å². The van der Waals surface area contributed by atoms with Crippen molar-refractivity contribution in [3.05, 3.63) is 69.9 Å². The Morgan fingerprint density at radius 3 is 2.41 bits per heavy atom. The van der Waals surface area contributed by atoms with E-state index in [2.05, 4.69) is 0 Å². The number of benzene rings is 2. The van der Waals surface area contributed by atoms with Crippen LogP contribution >= 0.6 is 11.6 Å². The number of esters is 1. The van der Waals surface area contributed by atoms with Gasteiger partial charge in [0, 0.05) is 28.8 Å². The third-order valence-corrected chi connectivity index (χ3v) is 7.16. The average molecular weight is 524 g/mol. The Morgan fingerprint density at radius 1 is 1.05 bits per heavy atom. The Balaban J connectivity index is 1.78. The van der Waals surface area contributed by atoms with Gasteiger partial charge in [0.1, 0.15) is 5.78 Å². The second kappa shape index (κ2) is 11.5. The molecular weight excluding hydrogens is 490 g/mol. The molecule has 1 aliphatic heterocycles. The van der Waals surface area contributed by atoms with E-state index in [0.717, 1.165) is 16.8 Å². The van der Waals surface area contributed by atoms with Gasteiger partial charge in [-0.15, -0.1) is 0 Å². The summed E-state index contributed by atoms with van der Waals surface area (Å²) < 4.78 is 17.0. The molecule has 0 spiro atoms. The fourth-order valence-electron chi connectivity index (χ4n) is 5.24. The highest BCUT2D eigenvalue weighted by Gasteiger charge is 2.46. The molecule has 1 fully saturated rings. The van der Waals surface area contributed by atoms with Gasteiger partial charge in [-0.1, -0.05) is 43.6 Å². The van der Waals surface area contributed by atoms with Crippen molar-refractivity contribution in [2.75, 3.05) is 20.3 Å². The van der Waals surface area contributed by atoms with Crippen LogP contribution in [0.5, 0.6) is 11.5 Å². The number of aliphatic imine (C=N–C) groups is 1. The Labute approximate surface area is 223 Å². The van der Waals surface area contributed by atoms with Gasteiger partial charge in [-0.2, -0.15) is 0 Å². The zero-order valence-electron chi connectivity index (χ0n) is 22.0. The third-order valence-electron chi connectivity index (χ3n) is 6.91. The number of rotatable bonds is 8. The number of nitrogens with zero attached hydrogens (tertiary/aromatic N) is 1. The molecule has 6 nitrogen and oxygen atoms in total. The van der Waals surface area contributed by atoms with Gasteiger partial charge in [-0.05, 0) is 67.5 Å². The number of carbonyl (C=O) groups is 2. The number of allylic oxidation sites excluding steroid dienone is 1. The van der Waals surface area contributed by atoms with Gasteiger partial charge in [0.25, 0.3) is 0 Å². The van der Waals surface area contributed by atoms with Crippen molar-refractivity contribution in [1.29, 1.82) is 0 Å². The molecule has 1 saturated carbocycles. The van der Waals surface area contributed by atoms with Gasteiger partial charge >= 0.3 is 5.97 Å². The van der Waals surface area contributed by atoms with Crippen LogP contribution in [0, 0.1) is 11.8 Å². The molecule has 0 aromatic heterocycles. The first-order valence-corrected chi connectivity index (χ1v) is 13.2. The number of hydrogen-bond acceptors (Lipinski definition) is 6. The number of ether oxygens (including phenoxy) is 3. The summed E-state index contributed by atoms with van der Waals surface area (Å²) in [5, 5.41) is 0.659. The molecule has 0 saturated heterocycles. The normalized spacial score (nSPS) is 21.4. The first-order valence-electron chi connectivity index (χ1n) is 12.8. The van der Waals surface area contributed by atoms with E-state index >= 15 is 0 Å². The Morgan fingerprint density at radius 2 is 1.76 bits per heavy atom. The summed E-state index contributed by atoms with van der Waals surface area (Å²) in [6, 6.07) is 13.2. The zero-order chi connectivity index (χ0) is 26.7. The fraction of sp³-hybridized carbons (Fsp3) is 0.433. The monoisotopic (exact) mass is 523 g/mol. The maximum atomic E-state index is 13.8. The van der Waals surface area contributed by atoms with E-state index in [1.807, 2.05) is 70.2 Å². The number of methoxy groups -OCH3 is 1. The summed E-state index contributed by atoms with van der Waals surface area (Å²) in [7, 11) is 1.58. The number of carbonyl (C=O) groups excluding carboxylic acids is 2. The van der Waals surface area contributed by atoms with E-state index in [4.69, 9.17) is 30.8 Å². The summed E-state index contributed by atoms with van der Waals surface area (Å²) in [5.74, 6) is -0.0690. The van der Waals surface area contributed by atoms with E-state index < -0.39 is 17.8 Å². The quantitative estimate of drug-likeness (QED) is 0.368. The van der Waals surface area contributed by atoms with Crippen molar-refractivity contribution in [2.24, 2.45) is 16.8 Å². The number of Topliss-reactive ketones (excluding diaryl/α,β-unsaturated/α-hetero) is 1. The van der Waals surface area contributed by atoms with Crippen LogP contribution in [0.4, 0.5) is 0 Å². The Kier molecular flexibility index (Phi) is 8.38. The van der Waals surface area contributed by atoms with Gasteiger partial charge in [-0.3, -0.25) is 9.79 Å². The lowest BCUT2D eigenvalue weighted by atomic mass is 9.66. The SMILES string of the molecule is CCOc1ccc([C@@H]2C(C(=O)OCC(C)C)=C(C)N=C3C[C@@H](c4ccc(Cl)cc4)CC(=O)C32)cc1OC. The minimum Gasteiger partial charge on any atom is -0.493 e. The lowest BCUT2D eigenvalue weighted by molar-refractivity contribution is -0.140. The van der Waals surface area contributed by atoms with Crippen LogP contribution in [0.2, 0.25) is 5.02 Å². The molecule has 0 radical (unpaired) electrons. The smallest absolute Gasteiger partial charge is 0.336 e. The number of fused-ring (bicyclic) bond motifs is 1. The van der Waals surface area contributed by atoms with E-state index in [9.17, 15) is 9.59 Å². The summed E-state index contributed by atoms with van der Waals surface area (Å²) >= 11 is 6.08. The Bertz CT molecular complexity index is 1230. The highest BCUT2D eigenvalue weighted by Crippen LogP contribution is 2.47. The van der Waals surface area contributed by atoms with Crippen molar-refractivity contribution in [2.45, 2.75) is 52.4 Å². The number of hydrogen-bond donors (Lipinski definition) is 0. The first-order chi connectivity index (χ1) is 17.7. The molecule has 196 valence electrons. The molecule has 37 heavy (non-hydrogen) atoms. The molecule has 1 heterocycles. The lowest BCUT2D eigenvalue weighted by Crippen LogP contribution is -2.41. The maximum Gasteiger partial charge on any atom is 0.336 e. The van der Waals surface area contributed by atoms with E-state index in [0.29, 0.717) is 53.8 Å². The van der Waals surface area contributed by atoms with Gasteiger partial charge in [-0.25, -0.2) is 4.79 Å². The topological polar surface area (TPSA) is 74.2 Å². The van der Waals surface area contributed by atoms with Crippen LogP contribution in [0.3, 0.4) is 0 Å². The molecule has 1 unspecified atom stereocenters.